The number of nitrogens with zero attached hydrogens (tertiary/aromatic N) is 1. The molecule has 12 heteroatoms. The average molecular weight is 764 g/mol. The van der Waals surface area contributed by atoms with E-state index in [-0.39, 0.29) is 29.0 Å². The first-order chi connectivity index (χ1) is 27.5. The molecule has 0 aliphatic carbocycles. The molecule has 12 nitrogen and oxygen atoms in total. The zero-order valence-corrected chi connectivity index (χ0v) is 30.5. The van der Waals surface area contributed by atoms with Gasteiger partial charge in [0.05, 0.1) is 5.56 Å². The Hall–Kier alpha value is -7.18. The van der Waals surface area contributed by atoms with Crippen LogP contribution in [0.1, 0.15) is 47.8 Å². The molecule has 0 saturated carbocycles. The highest BCUT2D eigenvalue weighted by Gasteiger charge is 2.53. The van der Waals surface area contributed by atoms with Gasteiger partial charge in [0.2, 0.25) is 0 Å². The molecule has 0 spiro atoms. The number of hydrogen-bond donors (Lipinski definition) is 4. The number of amides is 3. The van der Waals surface area contributed by atoms with E-state index < -0.39 is 54.3 Å². The van der Waals surface area contributed by atoms with Crippen LogP contribution in [0.2, 0.25) is 0 Å². The number of carboxylic acid groups (broad SMARTS) is 2. The van der Waals surface area contributed by atoms with Crippen LogP contribution < -0.4 is 10.7 Å². The molecule has 6 aromatic rings. The number of carboxylic acids is 2. The molecule has 57 heavy (non-hydrogen) atoms. The molecular formula is C45H37N3O9. The second-order valence-electron chi connectivity index (χ2n) is 13.8. The Morgan fingerprint density at radius 3 is 1.77 bits per heavy atom. The summed E-state index contributed by atoms with van der Waals surface area (Å²) in [6, 6.07) is 39.3. The molecule has 0 bridgehead atoms. The number of nitrogens with one attached hydrogen (secondary N) is 2. The smallest absolute Gasteiger partial charge is 0.335 e. The first-order valence-corrected chi connectivity index (χ1v) is 18.2. The zero-order valence-electron chi connectivity index (χ0n) is 30.5. The molecule has 1 heterocycles. The molecule has 286 valence electrons. The molecule has 6 aromatic carbocycles. The van der Waals surface area contributed by atoms with Crippen molar-refractivity contribution in [3.8, 4) is 0 Å². The number of epoxide rings is 1. The molecule has 1 aliphatic heterocycles. The van der Waals surface area contributed by atoms with E-state index >= 15 is 0 Å². The van der Waals surface area contributed by atoms with Crippen molar-refractivity contribution in [3.05, 3.63) is 167 Å². The first-order valence-electron chi connectivity index (χ1n) is 18.2. The summed E-state index contributed by atoms with van der Waals surface area (Å²) >= 11 is 0. The van der Waals surface area contributed by atoms with Gasteiger partial charge in [-0.15, -0.1) is 0 Å². The van der Waals surface area contributed by atoms with E-state index in [0.717, 1.165) is 32.7 Å². The number of Topliss-reactive ketones (excluding diaryl/α,β-unsaturated/α-hetero) is 1. The van der Waals surface area contributed by atoms with Gasteiger partial charge in [0, 0.05) is 23.6 Å². The van der Waals surface area contributed by atoms with Gasteiger partial charge in [0.1, 0.15) is 6.54 Å². The van der Waals surface area contributed by atoms with E-state index in [1.54, 1.807) is 12.1 Å². The van der Waals surface area contributed by atoms with Crippen molar-refractivity contribution in [3.63, 3.8) is 0 Å². The van der Waals surface area contributed by atoms with Crippen molar-refractivity contribution in [1.82, 2.24) is 15.8 Å². The fourth-order valence-electron chi connectivity index (χ4n) is 6.99. The fourth-order valence-corrected chi connectivity index (χ4v) is 6.99. The van der Waals surface area contributed by atoms with E-state index in [4.69, 9.17) is 4.74 Å². The Labute approximate surface area is 326 Å². The third-order valence-corrected chi connectivity index (χ3v) is 9.95. The lowest BCUT2D eigenvalue weighted by Crippen LogP contribution is -2.51. The number of aliphatic carboxylic acids is 1. The number of ketones is 1. The van der Waals surface area contributed by atoms with E-state index in [2.05, 4.69) is 10.7 Å². The minimum atomic E-state index is -1.39. The molecule has 2 atom stereocenters. The van der Waals surface area contributed by atoms with Crippen LogP contribution in [0.15, 0.2) is 133 Å². The van der Waals surface area contributed by atoms with Crippen LogP contribution in [0.4, 0.5) is 0 Å². The number of hydrogen-bond acceptors (Lipinski definition) is 7. The van der Waals surface area contributed by atoms with Gasteiger partial charge in [-0.3, -0.25) is 29.4 Å². The van der Waals surface area contributed by atoms with Gasteiger partial charge in [0.25, 0.3) is 17.7 Å². The molecule has 0 radical (unpaired) electrons. The van der Waals surface area contributed by atoms with Crippen molar-refractivity contribution in [2.45, 2.75) is 31.6 Å². The molecule has 1 fully saturated rings. The number of aromatic carboxylic acids is 1. The Morgan fingerprint density at radius 2 is 1.18 bits per heavy atom. The molecule has 0 unspecified atom stereocenters. The van der Waals surface area contributed by atoms with Crippen LogP contribution in [0.5, 0.6) is 0 Å². The van der Waals surface area contributed by atoms with Gasteiger partial charge < -0.3 is 20.3 Å². The second-order valence-corrected chi connectivity index (χ2v) is 13.8. The number of carbonyl (C=O) groups excluding carboxylic acids is 4. The Morgan fingerprint density at radius 1 is 0.614 bits per heavy atom. The summed E-state index contributed by atoms with van der Waals surface area (Å²) in [5.74, 6) is -5.58. The molecular weight excluding hydrogens is 727 g/mol. The molecule has 7 rings (SSSR count). The van der Waals surface area contributed by atoms with E-state index in [1.807, 2.05) is 84.9 Å². The summed E-state index contributed by atoms with van der Waals surface area (Å²) in [6.45, 7) is -0.813. The topological polar surface area (TPSA) is 183 Å². The highest BCUT2D eigenvalue weighted by molar-refractivity contribution is 6.01. The molecule has 4 N–H and O–H groups in total. The summed E-state index contributed by atoms with van der Waals surface area (Å²) in [6.07, 6.45) is -1.68. The van der Waals surface area contributed by atoms with Crippen molar-refractivity contribution < 1.29 is 43.7 Å². The summed E-state index contributed by atoms with van der Waals surface area (Å²) in [5, 5.41) is 26.2. The Kier molecular flexibility index (Phi) is 11.1. The maximum Gasteiger partial charge on any atom is 0.335 e. The number of carbonyl (C=O) groups is 6. The number of rotatable bonds is 14. The lowest BCUT2D eigenvalue weighted by atomic mass is 9.84. The highest BCUT2D eigenvalue weighted by atomic mass is 16.6. The predicted molar refractivity (Wildman–Crippen MR) is 210 cm³/mol. The highest BCUT2D eigenvalue weighted by Crippen LogP contribution is 2.33. The number of fused-ring (bicyclic) bond motifs is 2. The second kappa shape index (κ2) is 16.7. The number of benzene rings is 6. The third kappa shape index (κ3) is 8.87. The molecule has 3 amide bonds. The molecule has 1 aliphatic rings. The minimum absolute atomic E-state index is 0.0261. The van der Waals surface area contributed by atoms with Gasteiger partial charge in [-0.05, 0) is 81.4 Å². The first kappa shape index (κ1) is 38.1. The van der Waals surface area contributed by atoms with E-state index in [1.165, 1.54) is 36.4 Å². The van der Waals surface area contributed by atoms with Crippen LogP contribution in [0.3, 0.4) is 0 Å². The number of ether oxygens (including phenoxy) is 1. The summed E-state index contributed by atoms with van der Waals surface area (Å²) < 4.78 is 5.69. The van der Waals surface area contributed by atoms with E-state index in [0.29, 0.717) is 23.4 Å². The Bertz CT molecular complexity index is 2440. The number of hydrazine groups is 1. The minimum Gasteiger partial charge on any atom is -0.480 e. The maximum atomic E-state index is 14.3. The SMILES string of the molecule is O=C(O)CN(NC(=O)c1ccc(CNC(=O)c2cccc(C(=O)O)c2)cc1)C(=O)[C@H]1O[C@@H]1C(=O)C(Cc1cccc2ccccc12)Cc1cccc2ccccc12. The maximum absolute atomic E-state index is 14.3. The predicted octanol–water partition coefficient (Wildman–Crippen LogP) is 5.62. The quantitative estimate of drug-likeness (QED) is 0.0809. The van der Waals surface area contributed by atoms with Gasteiger partial charge >= 0.3 is 11.9 Å². The summed E-state index contributed by atoms with van der Waals surface area (Å²) in [4.78, 5) is 76.9. The van der Waals surface area contributed by atoms with Crippen LogP contribution >= 0.6 is 0 Å². The average Bonchev–Trinajstić information content (AvgIpc) is 4.03. The van der Waals surface area contributed by atoms with Gasteiger partial charge in [-0.25, -0.2) is 9.80 Å². The summed E-state index contributed by atoms with van der Waals surface area (Å²) in [5.41, 5.74) is 5.14. The lowest BCUT2D eigenvalue weighted by Gasteiger charge is -2.21. The van der Waals surface area contributed by atoms with Crippen LogP contribution in [-0.4, -0.2) is 69.4 Å². The largest absolute Gasteiger partial charge is 0.480 e. The standard InChI is InChI=1S/C45H37N3O9/c49-38(50)26-48(47-43(53)30-20-18-27(19-21-30)25-46-42(52)33-14-7-15-34(24-33)45(55)56)44(54)41-40(57-41)39(51)35(22-31-12-5-10-28-8-1-3-16-36(28)31)23-32-13-6-11-29-9-2-4-17-37(29)32/h1-21,24,35,40-41H,22-23,25-26H2,(H,46,52)(H,47,53)(H,49,50)(H,55,56)/t40-,41+/m1/s1. The van der Waals surface area contributed by atoms with Crippen LogP contribution in [0.25, 0.3) is 21.5 Å². The monoisotopic (exact) mass is 763 g/mol. The van der Waals surface area contributed by atoms with Crippen molar-refractivity contribution in [2.24, 2.45) is 5.92 Å². The molecule has 1 saturated heterocycles. The van der Waals surface area contributed by atoms with Crippen molar-refractivity contribution in [1.29, 1.82) is 0 Å². The molecule has 0 aromatic heterocycles. The van der Waals surface area contributed by atoms with Crippen molar-refractivity contribution >= 4 is 57.0 Å². The van der Waals surface area contributed by atoms with Crippen LogP contribution in [-0.2, 0) is 38.5 Å². The van der Waals surface area contributed by atoms with Gasteiger partial charge in [-0.1, -0.05) is 103 Å². The van der Waals surface area contributed by atoms with Gasteiger partial charge in [0.15, 0.2) is 18.0 Å². The van der Waals surface area contributed by atoms with E-state index in [9.17, 15) is 39.0 Å². The lowest BCUT2D eigenvalue weighted by molar-refractivity contribution is -0.146. The fraction of sp³-hybridized carbons (Fsp3) is 0.156. The third-order valence-electron chi connectivity index (χ3n) is 9.95. The van der Waals surface area contributed by atoms with Crippen molar-refractivity contribution in [2.75, 3.05) is 6.54 Å². The Balaban J connectivity index is 1.03. The van der Waals surface area contributed by atoms with Gasteiger partial charge in [-0.2, -0.15) is 0 Å². The zero-order chi connectivity index (χ0) is 40.1. The normalized spacial score (nSPS) is 14.5. The summed E-state index contributed by atoms with van der Waals surface area (Å²) in [7, 11) is 0. The van der Waals surface area contributed by atoms with Crippen LogP contribution in [0, 0.1) is 5.92 Å².